The maximum atomic E-state index is 8.77. The maximum Gasteiger partial charge on any atom is 2.00 e. The molecule has 13 heavy (non-hydrogen) atoms. The molecular formula is H2FeLi2O8P2. The van der Waals surface area contributed by atoms with Crippen LogP contribution < -0.4 is 57.3 Å². The van der Waals surface area contributed by atoms with Crippen LogP contribution in [0, 0.1) is 0 Å². The van der Waals surface area contributed by atoms with Gasteiger partial charge in [-0.25, -0.2) is 0 Å². The number of rotatable bonds is 0. The van der Waals surface area contributed by atoms with E-state index in [2.05, 4.69) is 0 Å². The van der Waals surface area contributed by atoms with Crippen LogP contribution in [0.4, 0.5) is 0 Å². The van der Waals surface area contributed by atoms with Crippen molar-refractivity contribution in [3.63, 3.8) is 0 Å². The van der Waals surface area contributed by atoms with Gasteiger partial charge in [0.2, 0.25) is 0 Å². The van der Waals surface area contributed by atoms with Crippen molar-refractivity contribution in [3.05, 3.63) is 0 Å². The molecule has 0 unspecified atom stereocenters. The Labute approximate surface area is 108 Å². The van der Waals surface area contributed by atoms with Crippen LogP contribution in [0.25, 0.3) is 0 Å². The van der Waals surface area contributed by atoms with E-state index in [0.717, 1.165) is 0 Å². The second kappa shape index (κ2) is 12.0. The van der Waals surface area contributed by atoms with Crippen molar-refractivity contribution in [2.45, 2.75) is 0 Å². The summed E-state index contributed by atoms with van der Waals surface area (Å²) in [5.41, 5.74) is 0. The Morgan fingerprint density at radius 3 is 0.846 bits per heavy atom. The molecule has 0 aliphatic carbocycles. The van der Waals surface area contributed by atoms with E-state index in [0.29, 0.717) is 0 Å². The third-order valence-corrected chi connectivity index (χ3v) is 0. The summed E-state index contributed by atoms with van der Waals surface area (Å²) in [5.74, 6) is 0. The molecular weight excluding hydrogens is 260 g/mol. The molecule has 0 bridgehead atoms. The Morgan fingerprint density at radius 1 is 0.846 bits per heavy atom. The third-order valence-electron chi connectivity index (χ3n) is 0. The molecule has 0 rings (SSSR count). The summed E-state index contributed by atoms with van der Waals surface area (Å²) in [6, 6.07) is 0. The minimum Gasteiger partial charge on any atom is -0.822 e. The van der Waals surface area contributed by atoms with Crippen molar-refractivity contribution < 1.29 is 93.3 Å². The average Bonchev–Trinajstić information content (AvgIpc) is 1.12. The van der Waals surface area contributed by atoms with E-state index >= 15 is 0 Å². The van der Waals surface area contributed by atoms with E-state index in [-0.39, 0.29) is 54.8 Å². The fraction of sp³-hybridized carbons (Fsp3) is 0. The molecule has 0 aromatic heterocycles. The van der Waals surface area contributed by atoms with E-state index in [1.54, 1.807) is 0 Å². The first kappa shape index (κ1) is 29.4. The minimum atomic E-state index is -5.39. The Morgan fingerprint density at radius 2 is 0.846 bits per heavy atom. The van der Waals surface area contributed by atoms with E-state index in [9.17, 15) is 0 Å². The molecule has 0 amide bonds. The van der Waals surface area contributed by atoms with E-state index < -0.39 is 15.6 Å². The van der Waals surface area contributed by atoms with Crippen LogP contribution in [-0.2, 0) is 26.2 Å². The predicted octanol–water partition coefficient (Wildman–Crippen LogP) is -10.4. The third kappa shape index (κ3) is 530. The van der Waals surface area contributed by atoms with Crippen molar-refractivity contribution in [3.8, 4) is 0 Å². The molecule has 0 aromatic carbocycles. The molecule has 0 radical (unpaired) electrons. The standard InChI is InChI=1S/Fe.2Li.2H3O4P/c;;;2*1-5(2,3)4/h;;;2*(H3,1,2,3,4)/q+2;2*+1;;/p-4. The Bertz CT molecular complexity index is 132. The van der Waals surface area contributed by atoms with Crippen LogP contribution in [0.3, 0.4) is 0 Å². The van der Waals surface area contributed by atoms with Gasteiger partial charge in [-0.3, -0.25) is 4.57 Å². The van der Waals surface area contributed by atoms with Gasteiger partial charge in [-0.1, -0.05) is 0 Å². The Balaban J connectivity index is -0.0000000267. The van der Waals surface area contributed by atoms with Crippen molar-refractivity contribution >= 4 is 15.6 Å². The molecule has 0 heterocycles. The number of hydrogen-bond donors (Lipinski definition) is 2. The van der Waals surface area contributed by atoms with Gasteiger partial charge in [0.05, 0.1) is 0 Å². The van der Waals surface area contributed by atoms with Crippen molar-refractivity contribution in [2.75, 3.05) is 0 Å². The summed E-state index contributed by atoms with van der Waals surface area (Å²) in [6.45, 7) is 0. The van der Waals surface area contributed by atoms with Crippen LogP contribution >= 0.6 is 15.6 Å². The molecule has 0 saturated carbocycles. The van der Waals surface area contributed by atoms with Gasteiger partial charge in [0.25, 0.3) is 7.82 Å². The quantitative estimate of drug-likeness (QED) is 0.320. The van der Waals surface area contributed by atoms with Gasteiger partial charge >= 0.3 is 54.8 Å². The largest absolute Gasteiger partial charge is 2.00 e. The second-order valence-corrected chi connectivity index (χ2v) is 2.81. The van der Waals surface area contributed by atoms with Gasteiger partial charge in [-0.15, -0.1) is 0 Å². The summed E-state index contributed by atoms with van der Waals surface area (Å²) < 4.78 is 17.3. The van der Waals surface area contributed by atoms with E-state index in [1.807, 2.05) is 0 Å². The zero-order valence-electron chi connectivity index (χ0n) is 6.59. The molecule has 0 saturated heterocycles. The first-order chi connectivity index (χ1) is 4.00. The molecule has 70 valence electrons. The molecule has 0 fully saturated rings. The first-order valence-electron chi connectivity index (χ1n) is 1.50. The van der Waals surface area contributed by atoms with Gasteiger partial charge in [0.1, 0.15) is 0 Å². The molecule has 2 N–H and O–H groups in total. The SMILES string of the molecule is O=P([O-])(O)O.O=P([O-])([O-])[O-].[Fe+2].[Li+].[Li+]. The summed E-state index contributed by atoms with van der Waals surface area (Å²) >= 11 is 0. The Kier molecular flexibility index (Phi) is 27.1. The minimum absolute atomic E-state index is 0. The van der Waals surface area contributed by atoms with Gasteiger partial charge in [-0.05, 0) is 0 Å². The monoisotopic (exact) mass is 262 g/mol. The van der Waals surface area contributed by atoms with Gasteiger partial charge in [0.15, 0.2) is 0 Å². The van der Waals surface area contributed by atoms with Crippen molar-refractivity contribution in [1.29, 1.82) is 0 Å². The zero-order chi connectivity index (χ0) is 9.00. The maximum absolute atomic E-state index is 8.77. The molecule has 0 atom stereocenters. The topological polar surface area (TPSA) is 167 Å². The normalized spacial score (nSPS) is 9.08. The Hall–Kier alpha value is 1.93. The zero-order valence-corrected chi connectivity index (χ0v) is 9.48. The molecule has 0 aromatic rings. The summed E-state index contributed by atoms with van der Waals surface area (Å²) in [5, 5.41) is 0. The summed E-state index contributed by atoms with van der Waals surface area (Å²) in [4.78, 5) is 48.6. The fourth-order valence-electron chi connectivity index (χ4n) is 0. The van der Waals surface area contributed by atoms with Crippen LogP contribution in [0.1, 0.15) is 0 Å². The number of hydrogen-bond acceptors (Lipinski definition) is 6. The first-order valence-corrected chi connectivity index (χ1v) is 4.49. The second-order valence-electron chi connectivity index (χ2n) is 0.938. The fourth-order valence-corrected chi connectivity index (χ4v) is 0. The van der Waals surface area contributed by atoms with Crippen LogP contribution in [0.2, 0.25) is 0 Å². The van der Waals surface area contributed by atoms with Crippen LogP contribution in [0.15, 0.2) is 0 Å². The van der Waals surface area contributed by atoms with Gasteiger partial charge in [-0.2, -0.15) is 7.82 Å². The summed E-state index contributed by atoms with van der Waals surface area (Å²) in [6.07, 6.45) is 0. The molecule has 0 aliphatic heterocycles. The molecule has 8 nitrogen and oxygen atoms in total. The number of phosphoric acid groups is 2. The molecule has 0 aliphatic rings. The molecule has 0 spiro atoms. The van der Waals surface area contributed by atoms with Crippen LogP contribution in [-0.4, -0.2) is 9.79 Å². The van der Waals surface area contributed by atoms with Crippen molar-refractivity contribution in [1.82, 2.24) is 0 Å². The van der Waals surface area contributed by atoms with Crippen LogP contribution in [0.5, 0.6) is 0 Å². The van der Waals surface area contributed by atoms with Crippen molar-refractivity contribution in [2.24, 2.45) is 0 Å². The van der Waals surface area contributed by atoms with Gasteiger partial charge in [0, 0.05) is 0 Å². The van der Waals surface area contributed by atoms with Gasteiger partial charge < -0.3 is 33.9 Å². The average molecular weight is 262 g/mol. The molecule has 13 heteroatoms. The predicted molar refractivity (Wildman–Crippen MR) is 19.7 cm³/mol. The summed E-state index contributed by atoms with van der Waals surface area (Å²) in [7, 11) is -10.3. The van der Waals surface area contributed by atoms with E-state index in [1.165, 1.54) is 0 Å². The van der Waals surface area contributed by atoms with E-state index in [4.69, 9.17) is 38.5 Å². The smallest absolute Gasteiger partial charge is 0.822 e.